The molecule has 0 amide bonds. The lowest BCUT2D eigenvalue weighted by molar-refractivity contribution is 0.241. The zero-order valence-corrected chi connectivity index (χ0v) is 41.5. The van der Waals surface area contributed by atoms with Crippen LogP contribution in [0.25, 0.3) is 67.2 Å². The summed E-state index contributed by atoms with van der Waals surface area (Å²) in [6, 6.07) is 38.8. The van der Waals surface area contributed by atoms with Gasteiger partial charge in [0.15, 0.2) is 0 Å². The van der Waals surface area contributed by atoms with Gasteiger partial charge < -0.3 is 28.3 Å². The summed E-state index contributed by atoms with van der Waals surface area (Å²) >= 11 is 0. The molecule has 0 fully saturated rings. The zero-order chi connectivity index (χ0) is 51.1. The second-order valence-corrected chi connectivity index (χ2v) is 18.5. The minimum atomic E-state index is -2.66. The Morgan fingerprint density at radius 3 is 1.42 bits per heavy atom. The third-order valence-electron chi connectivity index (χ3n) is 11.7. The topological polar surface area (TPSA) is 186 Å². The fourth-order valence-electron chi connectivity index (χ4n) is 8.51. The van der Waals surface area contributed by atoms with Crippen LogP contribution in [0.15, 0.2) is 191 Å². The van der Waals surface area contributed by atoms with E-state index in [1.165, 1.54) is 0 Å². The number of hydrogen-bond acceptors (Lipinski definition) is 15. The molecule has 0 bridgehead atoms. The fourth-order valence-corrected chi connectivity index (χ4v) is 9.11. The number of nitrogens with zero attached hydrogens (tertiary/aromatic N) is 8. The molecule has 6 aromatic carbocycles. The van der Waals surface area contributed by atoms with E-state index < -0.39 is 8.25 Å². The Bertz CT molecular complexity index is 3500. The van der Waals surface area contributed by atoms with Crippen LogP contribution in [0.5, 0.6) is 11.5 Å². The van der Waals surface area contributed by atoms with Crippen LogP contribution in [-0.2, 0) is 26.7 Å². The quantitative estimate of drug-likeness (QED) is 0.0832. The first-order valence-corrected chi connectivity index (χ1v) is 24.8. The van der Waals surface area contributed by atoms with Crippen molar-refractivity contribution in [3.05, 3.63) is 204 Å². The van der Waals surface area contributed by atoms with Gasteiger partial charge in [-0.1, -0.05) is 95.3 Å². The Morgan fingerprint density at radius 1 is 0.568 bits per heavy atom. The maximum atomic E-state index is 13.6. The number of fused-ring (bicyclic) bond motifs is 2. The maximum absolute atomic E-state index is 13.6. The van der Waals surface area contributed by atoms with Crippen molar-refractivity contribution in [3.8, 4) is 69.3 Å². The average molecular weight is 998 g/mol. The van der Waals surface area contributed by atoms with Crippen molar-refractivity contribution >= 4 is 29.8 Å². The molecule has 0 saturated heterocycles. The van der Waals surface area contributed by atoms with Gasteiger partial charge in [-0.2, -0.15) is 20.5 Å². The molecule has 0 atom stereocenters. The van der Waals surface area contributed by atoms with Crippen LogP contribution in [0.2, 0.25) is 0 Å². The average Bonchev–Trinajstić information content (AvgIpc) is 3.99. The second kappa shape index (κ2) is 21.4. The monoisotopic (exact) mass is 997 g/mol. The van der Waals surface area contributed by atoms with Crippen molar-refractivity contribution in [2.75, 3.05) is 0 Å². The van der Waals surface area contributed by atoms with Crippen molar-refractivity contribution in [3.63, 3.8) is 0 Å². The van der Waals surface area contributed by atoms with E-state index in [0.717, 1.165) is 43.8 Å². The van der Waals surface area contributed by atoms with Crippen molar-refractivity contribution in [1.82, 2.24) is 30.1 Å². The van der Waals surface area contributed by atoms with Gasteiger partial charge in [-0.15, -0.1) is 0 Å². The van der Waals surface area contributed by atoms with Crippen molar-refractivity contribution < 1.29 is 32.1 Å². The highest BCUT2D eigenvalue weighted by Gasteiger charge is 2.28. The van der Waals surface area contributed by atoms with E-state index in [9.17, 15) is 15.1 Å². The summed E-state index contributed by atoms with van der Waals surface area (Å²) < 4.78 is 48.4. The Balaban J connectivity index is 0.813. The van der Waals surface area contributed by atoms with Crippen LogP contribution in [0.4, 0.5) is 0 Å². The molecule has 2 aliphatic rings. The maximum Gasteiger partial charge on any atom is 0.805 e. The molecular weight excluding hydrogens is 952 g/mol. The Kier molecular flexibility index (Phi) is 13.9. The smallest absolute Gasteiger partial charge is 0.490 e. The van der Waals surface area contributed by atoms with Gasteiger partial charge in [-0.25, -0.2) is 9.05 Å². The highest BCUT2D eigenvalue weighted by Crippen LogP contribution is 2.37. The predicted octanol–water partition coefficient (Wildman–Crippen LogP) is 13.6. The minimum absolute atomic E-state index is 0.0825. The molecule has 74 heavy (non-hydrogen) atoms. The number of hydrogen-bond donors (Lipinski definition) is 0. The molecule has 364 valence electrons. The largest absolute Gasteiger partial charge is 0.805 e. The molecule has 2 aliphatic heterocycles. The lowest BCUT2D eigenvalue weighted by atomic mass is 9.99. The van der Waals surface area contributed by atoms with E-state index in [2.05, 4.69) is 22.5 Å². The van der Waals surface area contributed by atoms with Crippen LogP contribution in [0.1, 0.15) is 49.9 Å². The van der Waals surface area contributed by atoms with Gasteiger partial charge >= 0.3 is 8.25 Å². The van der Waals surface area contributed by atoms with Crippen LogP contribution in [-0.4, -0.2) is 42.3 Å². The van der Waals surface area contributed by atoms with Crippen molar-refractivity contribution in [2.24, 2.45) is 0 Å². The molecule has 0 radical (unpaired) electrons. The summed E-state index contributed by atoms with van der Waals surface area (Å²) in [7, 11) is -2.66. The minimum Gasteiger partial charge on any atom is -0.490 e. The summed E-state index contributed by atoms with van der Waals surface area (Å²) in [5, 5.41) is 32.0. The Labute approximate surface area is 427 Å². The highest BCUT2D eigenvalue weighted by atomic mass is 31.1. The molecule has 0 aliphatic carbocycles. The number of benzene rings is 6. The first-order chi connectivity index (χ1) is 36.1. The van der Waals surface area contributed by atoms with E-state index in [0.29, 0.717) is 70.0 Å². The van der Waals surface area contributed by atoms with E-state index in [1.54, 1.807) is 61.0 Å². The first-order valence-electron chi connectivity index (χ1n) is 23.7. The van der Waals surface area contributed by atoms with Gasteiger partial charge in [0.1, 0.15) is 23.6 Å². The number of rotatable bonds is 16. The van der Waals surface area contributed by atoms with E-state index >= 15 is 0 Å². The van der Waals surface area contributed by atoms with Gasteiger partial charge in [0.25, 0.3) is 11.8 Å². The summed E-state index contributed by atoms with van der Waals surface area (Å²) in [5.41, 5.74) is 5.56. The second-order valence-electron chi connectivity index (χ2n) is 17.7. The molecule has 10 rings (SSSR count). The number of aromatic nitrogens is 4. The van der Waals surface area contributed by atoms with E-state index in [4.69, 9.17) is 37.5 Å². The molecule has 2 aromatic heterocycles. The van der Waals surface area contributed by atoms with Gasteiger partial charge in [-0.05, 0) is 121 Å². The molecule has 4 heterocycles. The summed E-state index contributed by atoms with van der Waals surface area (Å²) in [4.78, 5) is 13.3. The fraction of sp³-hybridized carbons (Fsp3) is 0.138. The van der Waals surface area contributed by atoms with Crippen LogP contribution >= 0.6 is 8.25 Å². The SMILES string of the molecule is CC(C)Oc1ccc(-c2nc(-c3ccc(CN4C=CC=CC(O[P+](=O)OC5=CN(Cc6ccc(-c7noc(-c8ccc(OC(C)C)c(C#N)c8)n7)c7ccccc67)C=CC=C5)=C4)c4ccccc34)no2)cc1C#N. The molecule has 16 heteroatoms. The molecule has 15 nitrogen and oxygen atoms in total. The predicted molar refractivity (Wildman–Crippen MR) is 280 cm³/mol. The standard InChI is InChI=1S/C58H46N8O7P/c1-37(2)68-53-25-21-39(29-43(53)31-59)57-61-55(63-70-57)51-23-19-41(47-15-5-7-17-49(47)51)33-65-27-11-9-13-45(35-65)72-74(67)73-46-14-10-12-28-66(36-46)34-42-20-24-52(50-18-8-6-16-48(42)50)56-62-58(71-64-56)40-22-26-54(69-38(3)4)44(30-40)32-60/h5-30,35-38H,33-34H2,1-4H3/q+1. The molecule has 0 spiro atoms. The number of allylic oxidation sites excluding steroid dienone is 6. The normalized spacial score (nSPS) is 13.1. The summed E-state index contributed by atoms with van der Waals surface area (Å²) in [6.45, 7) is 8.53. The molecule has 0 saturated carbocycles. The van der Waals surface area contributed by atoms with Crippen molar-refractivity contribution in [2.45, 2.75) is 53.0 Å². The third kappa shape index (κ3) is 10.7. The van der Waals surface area contributed by atoms with E-state index in [-0.39, 0.29) is 24.0 Å². The Morgan fingerprint density at radius 2 is 1.00 bits per heavy atom. The molecule has 8 aromatic rings. The zero-order valence-electron chi connectivity index (χ0n) is 40.6. The molecule has 0 N–H and O–H groups in total. The molecule has 0 unspecified atom stereocenters. The first kappa shape index (κ1) is 48.1. The summed E-state index contributed by atoms with van der Waals surface area (Å²) in [6.07, 6.45) is 18.0. The molecular formula is C58H46N8O7P+. The van der Waals surface area contributed by atoms with Gasteiger partial charge in [0, 0.05) is 52.3 Å². The van der Waals surface area contributed by atoms with Crippen LogP contribution < -0.4 is 9.47 Å². The summed E-state index contributed by atoms with van der Waals surface area (Å²) in [5.74, 6) is 3.06. The van der Waals surface area contributed by atoms with Gasteiger partial charge in [-0.3, -0.25) is 0 Å². The van der Waals surface area contributed by atoms with Crippen molar-refractivity contribution in [1.29, 1.82) is 10.5 Å². The number of nitriles is 2. The van der Waals surface area contributed by atoms with Gasteiger partial charge in [0.2, 0.25) is 23.2 Å². The lowest BCUT2D eigenvalue weighted by Crippen LogP contribution is -2.11. The van der Waals surface area contributed by atoms with E-state index in [1.807, 2.05) is 147 Å². The lowest BCUT2D eigenvalue weighted by Gasteiger charge is -2.18. The number of ether oxygens (including phenoxy) is 2. The highest BCUT2D eigenvalue weighted by molar-refractivity contribution is 7.33. The Hall–Kier alpha value is -9.56. The third-order valence-corrected chi connectivity index (χ3v) is 12.5. The van der Waals surface area contributed by atoms with Crippen LogP contribution in [0, 0.1) is 22.7 Å². The van der Waals surface area contributed by atoms with Gasteiger partial charge in [0.05, 0.1) is 35.7 Å². The van der Waals surface area contributed by atoms with Crippen LogP contribution in [0.3, 0.4) is 0 Å².